The van der Waals surface area contributed by atoms with Gasteiger partial charge < -0.3 is 16.0 Å². The van der Waals surface area contributed by atoms with Crippen molar-refractivity contribution in [2.75, 3.05) is 10.6 Å². The Balaban J connectivity index is 1.27. The average Bonchev–Trinajstić information content (AvgIpc) is 3.42. The van der Waals surface area contributed by atoms with Crippen LogP contribution in [0.25, 0.3) is 17.3 Å². The van der Waals surface area contributed by atoms with Crippen molar-refractivity contribution in [2.45, 2.75) is 30.9 Å². The number of aryl methyl sites for hydroxylation is 2. The predicted molar refractivity (Wildman–Crippen MR) is 184 cm³/mol. The van der Waals surface area contributed by atoms with E-state index in [0.29, 0.717) is 16.4 Å². The van der Waals surface area contributed by atoms with Crippen LogP contribution in [-0.4, -0.2) is 28.0 Å². The lowest BCUT2D eigenvalue weighted by molar-refractivity contribution is -0.115. The Kier molecular flexibility index (Phi) is 10.2. The minimum absolute atomic E-state index is 0.109. The molecule has 3 amide bonds. The normalized spacial score (nSPS) is 11.8. The van der Waals surface area contributed by atoms with Crippen LogP contribution in [0.1, 0.15) is 33.3 Å². The molecule has 0 spiro atoms. The van der Waals surface area contributed by atoms with Crippen LogP contribution in [-0.2, 0) is 9.59 Å². The summed E-state index contributed by atoms with van der Waals surface area (Å²) in [4.78, 5) is 46.0. The predicted octanol–water partition coefficient (Wildman–Crippen LogP) is 7.96. The van der Waals surface area contributed by atoms with Crippen molar-refractivity contribution in [3.8, 4) is 11.3 Å². The molecular formula is C36H32N4O3S2. The summed E-state index contributed by atoms with van der Waals surface area (Å²) in [6.45, 7) is 5.75. The Hall–Kier alpha value is -4.99. The number of carbonyl (C=O) groups is 3. The molecule has 4 aromatic carbocycles. The fraction of sp³-hybridized carbons (Fsp3) is 0.111. The smallest absolute Gasteiger partial charge is 0.272 e. The summed E-state index contributed by atoms with van der Waals surface area (Å²) in [5, 5.41) is 8.75. The topological polar surface area (TPSA) is 100 Å². The third-order valence-electron chi connectivity index (χ3n) is 6.87. The molecule has 0 saturated carbocycles. The summed E-state index contributed by atoms with van der Waals surface area (Å²) in [5.41, 5.74) is 4.72. The molecule has 9 heteroatoms. The van der Waals surface area contributed by atoms with Crippen LogP contribution in [0.2, 0.25) is 0 Å². The van der Waals surface area contributed by atoms with Gasteiger partial charge >= 0.3 is 0 Å². The van der Waals surface area contributed by atoms with Gasteiger partial charge in [0.1, 0.15) is 5.70 Å². The van der Waals surface area contributed by atoms with Crippen molar-refractivity contribution >= 4 is 57.7 Å². The molecule has 3 N–H and O–H groups in total. The summed E-state index contributed by atoms with van der Waals surface area (Å²) in [7, 11) is 0. The van der Waals surface area contributed by atoms with Crippen LogP contribution < -0.4 is 16.0 Å². The zero-order chi connectivity index (χ0) is 31.8. The molecular weight excluding hydrogens is 601 g/mol. The number of thiazole rings is 1. The van der Waals surface area contributed by atoms with Gasteiger partial charge in [0.25, 0.3) is 11.8 Å². The quantitative estimate of drug-likeness (QED) is 0.107. The Bertz CT molecular complexity index is 1850. The maximum absolute atomic E-state index is 13.5. The summed E-state index contributed by atoms with van der Waals surface area (Å²) in [5.74, 6) is -1.03. The first-order valence-electron chi connectivity index (χ1n) is 14.3. The number of nitrogens with zero attached hydrogens (tertiary/aromatic N) is 1. The Morgan fingerprint density at radius 2 is 1.51 bits per heavy atom. The third kappa shape index (κ3) is 8.35. The summed E-state index contributed by atoms with van der Waals surface area (Å²) >= 11 is 2.81. The molecule has 1 unspecified atom stereocenters. The van der Waals surface area contributed by atoms with Gasteiger partial charge in [-0.25, -0.2) is 4.98 Å². The molecule has 0 fully saturated rings. The highest BCUT2D eigenvalue weighted by atomic mass is 32.2. The molecule has 1 atom stereocenters. The zero-order valence-electron chi connectivity index (χ0n) is 25.0. The van der Waals surface area contributed by atoms with Crippen molar-refractivity contribution in [1.82, 2.24) is 10.3 Å². The minimum Gasteiger partial charge on any atom is -0.321 e. The molecule has 0 aliphatic heterocycles. The highest BCUT2D eigenvalue weighted by molar-refractivity contribution is 8.00. The summed E-state index contributed by atoms with van der Waals surface area (Å²) in [6.07, 6.45) is 1.67. The number of rotatable bonds is 10. The highest BCUT2D eigenvalue weighted by Crippen LogP contribution is 2.32. The monoisotopic (exact) mass is 632 g/mol. The Morgan fingerprint density at radius 3 is 2.24 bits per heavy atom. The van der Waals surface area contributed by atoms with E-state index in [2.05, 4.69) is 20.9 Å². The standard InChI is InChI=1S/C36H32N4O3S2/c1-23-13-10-11-18-28(23)21-31(38-34(42)27-16-8-5-9-17-27)35(43)37-29-19-12-20-30(22-29)44-25(3)33(41)40-36-39-32(24(2)45-36)26-14-6-4-7-15-26/h4-22,25H,1-3H3,(H,37,43)(H,38,42)(H,39,40,41)/b31-21-. The van der Waals surface area contributed by atoms with Gasteiger partial charge in [-0.1, -0.05) is 78.9 Å². The number of benzene rings is 4. The van der Waals surface area contributed by atoms with Crippen LogP contribution in [0.5, 0.6) is 0 Å². The number of hydrogen-bond acceptors (Lipinski definition) is 6. The van der Waals surface area contributed by atoms with Gasteiger partial charge in [0.05, 0.1) is 10.9 Å². The van der Waals surface area contributed by atoms with Gasteiger partial charge in [-0.3, -0.25) is 14.4 Å². The molecule has 1 aromatic heterocycles. The molecule has 5 rings (SSSR count). The number of carbonyl (C=O) groups excluding carboxylic acids is 3. The zero-order valence-corrected chi connectivity index (χ0v) is 26.7. The molecule has 45 heavy (non-hydrogen) atoms. The lowest BCUT2D eigenvalue weighted by Crippen LogP contribution is -2.30. The van der Waals surface area contributed by atoms with Gasteiger partial charge in [-0.05, 0) is 68.3 Å². The van der Waals surface area contributed by atoms with Crippen LogP contribution in [0.15, 0.2) is 120 Å². The van der Waals surface area contributed by atoms with E-state index >= 15 is 0 Å². The first-order chi connectivity index (χ1) is 21.8. The van der Waals surface area contributed by atoms with Gasteiger partial charge in [0, 0.05) is 26.6 Å². The first-order valence-corrected chi connectivity index (χ1v) is 16.0. The highest BCUT2D eigenvalue weighted by Gasteiger charge is 2.19. The lowest BCUT2D eigenvalue weighted by atomic mass is 10.1. The van der Waals surface area contributed by atoms with E-state index in [1.165, 1.54) is 23.1 Å². The van der Waals surface area contributed by atoms with E-state index in [0.717, 1.165) is 32.2 Å². The lowest BCUT2D eigenvalue weighted by Gasteiger charge is -2.14. The number of amides is 3. The number of anilines is 2. The molecule has 226 valence electrons. The van der Waals surface area contributed by atoms with Crippen molar-refractivity contribution in [3.05, 3.63) is 136 Å². The maximum Gasteiger partial charge on any atom is 0.272 e. The fourth-order valence-corrected chi connectivity index (χ4v) is 6.24. The van der Waals surface area contributed by atoms with Gasteiger partial charge in [0.15, 0.2) is 5.13 Å². The van der Waals surface area contributed by atoms with Crippen LogP contribution >= 0.6 is 23.1 Å². The maximum atomic E-state index is 13.5. The molecule has 0 radical (unpaired) electrons. The number of nitrogens with one attached hydrogen (secondary N) is 3. The second kappa shape index (κ2) is 14.7. The van der Waals surface area contributed by atoms with E-state index in [4.69, 9.17) is 0 Å². The van der Waals surface area contributed by atoms with Gasteiger partial charge in [-0.15, -0.1) is 23.1 Å². The van der Waals surface area contributed by atoms with Crippen molar-refractivity contribution in [3.63, 3.8) is 0 Å². The molecule has 0 aliphatic rings. The van der Waals surface area contributed by atoms with E-state index in [1.807, 2.05) is 93.6 Å². The molecule has 0 bridgehead atoms. The average molecular weight is 633 g/mol. The fourth-order valence-electron chi connectivity index (χ4n) is 4.47. The molecule has 0 aliphatic carbocycles. The van der Waals surface area contributed by atoms with E-state index in [1.54, 1.807) is 42.5 Å². The van der Waals surface area contributed by atoms with Crippen molar-refractivity contribution < 1.29 is 14.4 Å². The number of thioether (sulfide) groups is 1. The largest absolute Gasteiger partial charge is 0.321 e. The van der Waals surface area contributed by atoms with E-state index in [9.17, 15) is 14.4 Å². The minimum atomic E-state index is -0.469. The first kappa shape index (κ1) is 31.4. The SMILES string of the molecule is Cc1ccccc1/C=C(\NC(=O)c1ccccc1)C(=O)Nc1cccc(SC(C)C(=O)Nc2nc(-c3ccccc3)c(C)s2)c1. The van der Waals surface area contributed by atoms with Gasteiger partial charge in [-0.2, -0.15) is 0 Å². The Labute approximate surface area is 270 Å². The second-order valence-electron chi connectivity index (χ2n) is 10.3. The van der Waals surface area contributed by atoms with Crippen LogP contribution in [0, 0.1) is 13.8 Å². The van der Waals surface area contributed by atoms with Crippen LogP contribution in [0.4, 0.5) is 10.8 Å². The second-order valence-corrected chi connectivity index (χ2v) is 12.9. The Morgan fingerprint density at radius 1 is 0.822 bits per heavy atom. The van der Waals surface area contributed by atoms with E-state index < -0.39 is 11.2 Å². The van der Waals surface area contributed by atoms with Gasteiger partial charge in [0.2, 0.25) is 5.91 Å². The van der Waals surface area contributed by atoms with Crippen molar-refractivity contribution in [2.24, 2.45) is 0 Å². The van der Waals surface area contributed by atoms with Crippen molar-refractivity contribution in [1.29, 1.82) is 0 Å². The third-order valence-corrected chi connectivity index (χ3v) is 8.85. The molecule has 0 saturated heterocycles. The summed E-state index contributed by atoms with van der Waals surface area (Å²) < 4.78 is 0. The number of aromatic nitrogens is 1. The summed E-state index contributed by atoms with van der Waals surface area (Å²) in [6, 6.07) is 33.5. The van der Waals surface area contributed by atoms with E-state index in [-0.39, 0.29) is 17.5 Å². The molecule has 5 aromatic rings. The number of hydrogen-bond donors (Lipinski definition) is 3. The molecule has 1 heterocycles. The molecule has 7 nitrogen and oxygen atoms in total. The van der Waals surface area contributed by atoms with Crippen LogP contribution in [0.3, 0.4) is 0 Å².